The number of hydrogen-bond acceptors (Lipinski definition) is 6. The van der Waals surface area contributed by atoms with E-state index in [0.29, 0.717) is 24.1 Å². The number of aryl methyl sites for hydroxylation is 1. The van der Waals surface area contributed by atoms with Gasteiger partial charge >= 0.3 is 0 Å². The molecular formula is C20H24N4O3. The highest BCUT2D eigenvalue weighted by atomic mass is 16.5. The molecule has 2 aromatic rings. The first kappa shape index (κ1) is 16.7. The van der Waals surface area contributed by atoms with Gasteiger partial charge in [0.15, 0.2) is 5.76 Å². The number of rotatable bonds is 5. The number of ether oxygens (including phenoxy) is 1. The smallest absolute Gasteiger partial charge is 0.286 e. The molecule has 3 aliphatic heterocycles. The summed E-state index contributed by atoms with van der Waals surface area (Å²) in [5, 5.41) is 3.03. The Morgan fingerprint density at radius 2 is 2.26 bits per heavy atom. The van der Waals surface area contributed by atoms with Crippen LogP contribution in [-0.4, -0.2) is 47.2 Å². The number of anilines is 1. The van der Waals surface area contributed by atoms with Gasteiger partial charge in [-0.05, 0) is 37.0 Å². The molecule has 0 unspecified atom stereocenters. The van der Waals surface area contributed by atoms with Crippen LogP contribution in [0.5, 0.6) is 0 Å². The maximum absolute atomic E-state index is 12.2. The second-order valence-corrected chi connectivity index (χ2v) is 7.84. The number of amides is 1. The highest BCUT2D eigenvalue weighted by Gasteiger charge is 2.63. The van der Waals surface area contributed by atoms with Gasteiger partial charge in [-0.2, -0.15) is 0 Å². The Kier molecular flexibility index (Phi) is 3.93. The standard InChI is InChI=1S/C20H24N4O3/c1-2-13-8-22-19(23-9-13)24-11-15-14(16-5-6-20(15,12-24)27-16)10-21-18(25)17-4-3-7-26-17/h3-4,7-9,14-16H,2,5-6,10-12H2,1H3,(H,21,25)/t14-,15+,16+,20+/m0/s1. The van der Waals surface area contributed by atoms with Crippen LogP contribution in [0.25, 0.3) is 0 Å². The Hall–Kier alpha value is -2.41. The first-order chi connectivity index (χ1) is 13.2. The monoisotopic (exact) mass is 368 g/mol. The van der Waals surface area contributed by atoms with E-state index in [1.165, 1.54) is 6.26 Å². The molecule has 0 aliphatic carbocycles. The zero-order valence-corrected chi connectivity index (χ0v) is 15.4. The summed E-state index contributed by atoms with van der Waals surface area (Å²) in [4.78, 5) is 23.6. The van der Waals surface area contributed by atoms with Crippen LogP contribution >= 0.6 is 0 Å². The molecule has 142 valence electrons. The molecule has 0 saturated carbocycles. The minimum Gasteiger partial charge on any atom is -0.459 e. The molecule has 4 atom stereocenters. The lowest BCUT2D eigenvalue weighted by atomic mass is 9.73. The van der Waals surface area contributed by atoms with E-state index in [2.05, 4.69) is 27.1 Å². The highest BCUT2D eigenvalue weighted by molar-refractivity contribution is 5.91. The second kappa shape index (κ2) is 6.34. The third-order valence-corrected chi connectivity index (χ3v) is 6.41. The van der Waals surface area contributed by atoms with Crippen LogP contribution in [0.1, 0.15) is 35.9 Å². The van der Waals surface area contributed by atoms with Crippen LogP contribution in [0.2, 0.25) is 0 Å². The fraction of sp³-hybridized carbons (Fsp3) is 0.550. The largest absolute Gasteiger partial charge is 0.459 e. The molecule has 3 saturated heterocycles. The lowest BCUT2D eigenvalue weighted by Crippen LogP contribution is -2.41. The lowest BCUT2D eigenvalue weighted by Gasteiger charge is -2.29. The molecule has 1 N–H and O–H groups in total. The van der Waals surface area contributed by atoms with E-state index >= 15 is 0 Å². The van der Waals surface area contributed by atoms with Gasteiger partial charge in [-0.1, -0.05) is 6.92 Å². The zero-order valence-electron chi connectivity index (χ0n) is 15.4. The summed E-state index contributed by atoms with van der Waals surface area (Å²) in [6.07, 6.45) is 8.65. The van der Waals surface area contributed by atoms with Gasteiger partial charge in [0, 0.05) is 37.3 Å². The average Bonchev–Trinajstić information content (AvgIpc) is 3.46. The third kappa shape index (κ3) is 2.72. The van der Waals surface area contributed by atoms with Crippen molar-refractivity contribution in [3.8, 4) is 0 Å². The van der Waals surface area contributed by atoms with Gasteiger partial charge < -0.3 is 19.4 Å². The van der Waals surface area contributed by atoms with E-state index in [4.69, 9.17) is 9.15 Å². The summed E-state index contributed by atoms with van der Waals surface area (Å²) in [6, 6.07) is 3.41. The molecule has 1 amide bonds. The van der Waals surface area contributed by atoms with E-state index in [-0.39, 0.29) is 17.6 Å². The minimum atomic E-state index is -0.162. The summed E-state index contributed by atoms with van der Waals surface area (Å²) in [5.41, 5.74) is 1.03. The Labute approximate surface area is 158 Å². The molecular weight excluding hydrogens is 344 g/mol. The van der Waals surface area contributed by atoms with E-state index in [1.54, 1.807) is 12.1 Å². The number of aromatic nitrogens is 2. The van der Waals surface area contributed by atoms with E-state index in [9.17, 15) is 4.79 Å². The maximum Gasteiger partial charge on any atom is 0.286 e. The predicted octanol–water partition coefficient (Wildman–Crippen LogP) is 2.05. The van der Waals surface area contributed by atoms with Crippen molar-refractivity contribution in [3.63, 3.8) is 0 Å². The fourth-order valence-electron chi connectivity index (χ4n) is 5.02. The van der Waals surface area contributed by atoms with Gasteiger partial charge in [0.25, 0.3) is 5.91 Å². The molecule has 2 bridgehead atoms. The summed E-state index contributed by atoms with van der Waals surface area (Å²) < 4.78 is 11.6. The number of fused-ring (bicyclic) bond motifs is 1. The number of nitrogens with one attached hydrogen (secondary N) is 1. The second-order valence-electron chi connectivity index (χ2n) is 7.84. The molecule has 5 rings (SSSR count). The van der Waals surface area contributed by atoms with Crippen LogP contribution in [-0.2, 0) is 11.2 Å². The summed E-state index contributed by atoms with van der Waals surface area (Å²) >= 11 is 0. The minimum absolute atomic E-state index is 0.114. The van der Waals surface area contributed by atoms with E-state index in [1.807, 2.05) is 12.4 Å². The fourth-order valence-corrected chi connectivity index (χ4v) is 5.02. The van der Waals surface area contributed by atoms with Crippen LogP contribution in [0.4, 0.5) is 5.95 Å². The average molecular weight is 368 g/mol. The topological polar surface area (TPSA) is 80.5 Å². The van der Waals surface area contributed by atoms with Crippen molar-refractivity contribution < 1.29 is 13.9 Å². The molecule has 2 aromatic heterocycles. The molecule has 0 radical (unpaired) electrons. The van der Waals surface area contributed by atoms with Gasteiger partial charge in [-0.3, -0.25) is 4.79 Å². The lowest BCUT2D eigenvalue weighted by molar-refractivity contribution is 0.0141. The van der Waals surface area contributed by atoms with Gasteiger partial charge in [-0.15, -0.1) is 0 Å². The maximum atomic E-state index is 12.2. The van der Waals surface area contributed by atoms with Gasteiger partial charge in [0.2, 0.25) is 5.95 Å². The van der Waals surface area contributed by atoms with Crippen LogP contribution in [0.3, 0.4) is 0 Å². The molecule has 3 fully saturated rings. The van der Waals surface area contributed by atoms with Gasteiger partial charge in [0.05, 0.1) is 24.5 Å². The molecule has 27 heavy (non-hydrogen) atoms. The normalized spacial score (nSPS) is 31.3. The molecule has 7 nitrogen and oxygen atoms in total. The van der Waals surface area contributed by atoms with E-state index in [0.717, 1.165) is 43.9 Å². The Morgan fingerprint density at radius 1 is 1.41 bits per heavy atom. The SMILES string of the molecule is CCc1cnc(N2C[C@@H]3[C@H](CNC(=O)c4ccco4)[C@H]4CC[C@]3(C2)O4)nc1. The number of carbonyl (C=O) groups is 1. The summed E-state index contributed by atoms with van der Waals surface area (Å²) in [6.45, 7) is 4.43. The number of nitrogens with zero attached hydrogens (tertiary/aromatic N) is 3. The molecule has 1 spiro atoms. The van der Waals surface area contributed by atoms with Crippen molar-refractivity contribution in [2.24, 2.45) is 11.8 Å². The van der Waals surface area contributed by atoms with E-state index < -0.39 is 0 Å². The van der Waals surface area contributed by atoms with Crippen LogP contribution in [0.15, 0.2) is 35.2 Å². The third-order valence-electron chi connectivity index (χ3n) is 6.41. The zero-order chi connectivity index (χ0) is 18.4. The molecule has 3 aliphatic rings. The highest BCUT2D eigenvalue weighted by Crippen LogP contribution is 2.54. The first-order valence-corrected chi connectivity index (χ1v) is 9.74. The molecule has 0 aromatic carbocycles. The number of furan rings is 1. The Balaban J connectivity index is 1.29. The van der Waals surface area contributed by atoms with Crippen molar-refractivity contribution in [1.29, 1.82) is 0 Å². The van der Waals surface area contributed by atoms with Crippen LogP contribution < -0.4 is 10.2 Å². The Bertz CT molecular complexity index is 822. The van der Waals surface area contributed by atoms with Crippen molar-refractivity contribution in [2.45, 2.75) is 37.9 Å². The summed E-state index contributed by atoms with van der Waals surface area (Å²) in [5.74, 6) is 1.68. The number of hydrogen-bond donors (Lipinski definition) is 1. The Morgan fingerprint density at radius 3 is 3.00 bits per heavy atom. The number of carbonyl (C=O) groups excluding carboxylic acids is 1. The molecule has 5 heterocycles. The van der Waals surface area contributed by atoms with Crippen molar-refractivity contribution in [1.82, 2.24) is 15.3 Å². The van der Waals surface area contributed by atoms with Gasteiger partial charge in [-0.25, -0.2) is 9.97 Å². The predicted molar refractivity (Wildman–Crippen MR) is 98.5 cm³/mol. The quantitative estimate of drug-likeness (QED) is 0.870. The van der Waals surface area contributed by atoms with Crippen molar-refractivity contribution in [2.75, 3.05) is 24.5 Å². The van der Waals surface area contributed by atoms with Gasteiger partial charge in [0.1, 0.15) is 0 Å². The van der Waals surface area contributed by atoms with Crippen molar-refractivity contribution >= 4 is 11.9 Å². The molecule has 7 heteroatoms. The summed E-state index contributed by atoms with van der Waals surface area (Å²) in [7, 11) is 0. The van der Waals surface area contributed by atoms with Crippen LogP contribution in [0, 0.1) is 11.8 Å². The van der Waals surface area contributed by atoms with Crippen molar-refractivity contribution in [3.05, 3.63) is 42.1 Å². The first-order valence-electron chi connectivity index (χ1n) is 9.74.